The van der Waals surface area contributed by atoms with Gasteiger partial charge in [0, 0.05) is 12.1 Å². The van der Waals surface area contributed by atoms with Gasteiger partial charge in [-0.05, 0) is 40.4 Å². The van der Waals surface area contributed by atoms with Crippen molar-refractivity contribution >= 4 is 0 Å². The Labute approximate surface area is 63.6 Å². The van der Waals surface area contributed by atoms with Gasteiger partial charge in [-0.25, -0.2) is 0 Å². The Morgan fingerprint density at radius 1 is 1.40 bits per heavy atom. The van der Waals surface area contributed by atoms with Crippen molar-refractivity contribution in [2.45, 2.75) is 31.8 Å². The van der Waals surface area contributed by atoms with Crippen molar-refractivity contribution in [3.63, 3.8) is 0 Å². The van der Waals surface area contributed by atoms with Crippen LogP contribution in [-0.2, 0) is 0 Å². The van der Waals surface area contributed by atoms with Crippen LogP contribution in [0, 0.1) is 0 Å². The number of nitrogens with zero attached hydrogens (tertiary/aromatic N) is 1. The first-order chi connectivity index (χ1) is 4.72. The molecule has 0 spiro atoms. The van der Waals surface area contributed by atoms with E-state index in [0.717, 1.165) is 6.04 Å². The highest BCUT2D eigenvalue weighted by Crippen LogP contribution is 2.11. The lowest BCUT2D eigenvalue weighted by Gasteiger charge is -2.34. The highest BCUT2D eigenvalue weighted by atomic mass is 15.1. The molecule has 1 aliphatic rings. The minimum Gasteiger partial charge on any atom is -0.313 e. The Morgan fingerprint density at radius 3 is 2.50 bits per heavy atom. The van der Waals surface area contributed by atoms with Crippen molar-refractivity contribution in [2.24, 2.45) is 0 Å². The summed E-state index contributed by atoms with van der Waals surface area (Å²) in [6.07, 6.45) is 2.67. The van der Waals surface area contributed by atoms with E-state index in [0.29, 0.717) is 6.04 Å². The minimum absolute atomic E-state index is 0.670. The van der Waals surface area contributed by atoms with Gasteiger partial charge in [0.05, 0.1) is 0 Å². The molecule has 1 rings (SSSR count). The molecule has 2 heteroatoms. The van der Waals surface area contributed by atoms with Crippen LogP contribution in [0.25, 0.3) is 0 Å². The van der Waals surface area contributed by atoms with Crippen molar-refractivity contribution in [1.82, 2.24) is 10.2 Å². The number of hydrogen-bond acceptors (Lipinski definition) is 2. The Bertz CT molecular complexity index is 101. The second-order valence-electron chi connectivity index (χ2n) is 3.42. The van der Waals surface area contributed by atoms with Crippen molar-refractivity contribution in [1.29, 1.82) is 0 Å². The molecule has 0 amide bonds. The quantitative estimate of drug-likeness (QED) is 0.579. The number of nitrogens with one attached hydrogen (secondary N) is 1. The molecular formula is C8H18N2. The molecule has 0 radical (unpaired) electrons. The maximum atomic E-state index is 3.47. The maximum Gasteiger partial charge on any atom is 0.0241 e. The summed E-state index contributed by atoms with van der Waals surface area (Å²) in [6.45, 7) is 3.47. The first kappa shape index (κ1) is 8.02. The van der Waals surface area contributed by atoms with Crippen molar-refractivity contribution in [3.05, 3.63) is 0 Å². The summed E-state index contributed by atoms with van der Waals surface area (Å²) in [5, 5.41) is 3.47. The van der Waals surface area contributed by atoms with Crippen LogP contribution in [-0.4, -0.2) is 37.6 Å². The molecule has 10 heavy (non-hydrogen) atoms. The van der Waals surface area contributed by atoms with Gasteiger partial charge in [-0.15, -0.1) is 0 Å². The third-order valence-electron chi connectivity index (χ3n) is 2.38. The SMILES string of the molecule is C[C@@H]1NCCC[C@@H]1N(C)C. The normalized spacial score (nSPS) is 34.8. The Morgan fingerprint density at radius 2 is 2.10 bits per heavy atom. The summed E-state index contributed by atoms with van der Waals surface area (Å²) in [5.74, 6) is 0. The second-order valence-corrected chi connectivity index (χ2v) is 3.42. The number of rotatable bonds is 1. The van der Waals surface area contributed by atoms with Gasteiger partial charge in [-0.1, -0.05) is 0 Å². The fourth-order valence-electron chi connectivity index (χ4n) is 1.73. The van der Waals surface area contributed by atoms with E-state index in [1.54, 1.807) is 0 Å². The molecule has 0 aromatic rings. The molecule has 0 saturated carbocycles. The second kappa shape index (κ2) is 3.35. The molecule has 1 fully saturated rings. The maximum absolute atomic E-state index is 3.47. The molecule has 0 aromatic heterocycles. The highest BCUT2D eigenvalue weighted by Gasteiger charge is 2.21. The summed E-state index contributed by atoms with van der Waals surface area (Å²) < 4.78 is 0. The Balaban J connectivity index is 2.40. The Kier molecular flexibility index (Phi) is 2.69. The van der Waals surface area contributed by atoms with Crippen LogP contribution in [0.15, 0.2) is 0 Å². The minimum atomic E-state index is 0.670. The summed E-state index contributed by atoms with van der Waals surface area (Å²) in [7, 11) is 4.32. The first-order valence-corrected chi connectivity index (χ1v) is 4.11. The molecule has 1 N–H and O–H groups in total. The van der Waals surface area contributed by atoms with Gasteiger partial charge in [0.25, 0.3) is 0 Å². The van der Waals surface area contributed by atoms with Gasteiger partial charge in [-0.3, -0.25) is 0 Å². The smallest absolute Gasteiger partial charge is 0.0241 e. The molecule has 1 saturated heterocycles. The lowest BCUT2D eigenvalue weighted by atomic mass is 9.99. The lowest BCUT2D eigenvalue weighted by Crippen LogP contribution is -2.49. The van der Waals surface area contributed by atoms with Crippen LogP contribution >= 0.6 is 0 Å². The monoisotopic (exact) mass is 142 g/mol. The van der Waals surface area contributed by atoms with Crippen LogP contribution in [0.2, 0.25) is 0 Å². The van der Waals surface area contributed by atoms with E-state index in [4.69, 9.17) is 0 Å². The van der Waals surface area contributed by atoms with Gasteiger partial charge >= 0.3 is 0 Å². The van der Waals surface area contributed by atoms with Gasteiger partial charge in [0.15, 0.2) is 0 Å². The van der Waals surface area contributed by atoms with E-state index in [1.807, 2.05) is 0 Å². The van der Waals surface area contributed by atoms with Crippen LogP contribution in [0.4, 0.5) is 0 Å². The van der Waals surface area contributed by atoms with Gasteiger partial charge in [0.1, 0.15) is 0 Å². The third kappa shape index (κ3) is 1.70. The lowest BCUT2D eigenvalue weighted by molar-refractivity contribution is 0.195. The number of hydrogen-bond donors (Lipinski definition) is 1. The van der Waals surface area contributed by atoms with E-state index in [-0.39, 0.29) is 0 Å². The molecule has 1 heterocycles. The highest BCUT2D eigenvalue weighted by molar-refractivity contribution is 4.82. The Hall–Kier alpha value is -0.0800. The number of likely N-dealkylation sites (N-methyl/N-ethyl adjacent to an activating group) is 1. The van der Waals surface area contributed by atoms with E-state index in [9.17, 15) is 0 Å². The summed E-state index contributed by atoms with van der Waals surface area (Å²) in [6, 6.07) is 1.41. The standard InChI is InChI=1S/C8H18N2/c1-7-8(10(2)3)5-4-6-9-7/h7-9H,4-6H2,1-3H3/t7-,8-/m0/s1. The molecule has 0 bridgehead atoms. The predicted molar refractivity (Wildman–Crippen MR) is 44.2 cm³/mol. The fraction of sp³-hybridized carbons (Fsp3) is 1.00. The van der Waals surface area contributed by atoms with Crippen LogP contribution in [0.1, 0.15) is 19.8 Å². The van der Waals surface area contributed by atoms with E-state index in [2.05, 4.69) is 31.2 Å². The predicted octanol–water partition coefficient (Wildman–Crippen LogP) is 0.688. The average molecular weight is 142 g/mol. The van der Waals surface area contributed by atoms with Crippen molar-refractivity contribution < 1.29 is 0 Å². The van der Waals surface area contributed by atoms with Crippen LogP contribution < -0.4 is 5.32 Å². The van der Waals surface area contributed by atoms with Crippen LogP contribution in [0.3, 0.4) is 0 Å². The fourth-order valence-corrected chi connectivity index (χ4v) is 1.73. The number of piperidine rings is 1. The zero-order chi connectivity index (χ0) is 7.56. The average Bonchev–Trinajstić information content (AvgIpc) is 1.88. The summed E-state index contributed by atoms with van der Waals surface area (Å²) >= 11 is 0. The molecule has 2 atom stereocenters. The molecule has 0 aromatic carbocycles. The molecule has 0 unspecified atom stereocenters. The molecule has 2 nitrogen and oxygen atoms in total. The zero-order valence-electron chi connectivity index (χ0n) is 7.22. The van der Waals surface area contributed by atoms with E-state index >= 15 is 0 Å². The van der Waals surface area contributed by atoms with Gasteiger partial charge < -0.3 is 10.2 Å². The van der Waals surface area contributed by atoms with Gasteiger partial charge in [-0.2, -0.15) is 0 Å². The molecular weight excluding hydrogens is 124 g/mol. The van der Waals surface area contributed by atoms with Crippen LogP contribution in [0.5, 0.6) is 0 Å². The summed E-state index contributed by atoms with van der Waals surface area (Å²) in [5.41, 5.74) is 0. The zero-order valence-corrected chi connectivity index (χ0v) is 7.22. The molecule has 1 aliphatic heterocycles. The van der Waals surface area contributed by atoms with Crippen molar-refractivity contribution in [2.75, 3.05) is 20.6 Å². The van der Waals surface area contributed by atoms with Crippen molar-refractivity contribution in [3.8, 4) is 0 Å². The summed E-state index contributed by atoms with van der Waals surface area (Å²) in [4.78, 5) is 2.32. The topological polar surface area (TPSA) is 15.3 Å². The largest absolute Gasteiger partial charge is 0.313 e. The van der Waals surface area contributed by atoms with E-state index in [1.165, 1.54) is 19.4 Å². The first-order valence-electron chi connectivity index (χ1n) is 4.11. The van der Waals surface area contributed by atoms with Gasteiger partial charge in [0.2, 0.25) is 0 Å². The third-order valence-corrected chi connectivity index (χ3v) is 2.38. The molecule has 60 valence electrons. The van der Waals surface area contributed by atoms with E-state index < -0.39 is 0 Å². The molecule has 0 aliphatic carbocycles.